The van der Waals surface area contributed by atoms with Crippen LogP contribution in [0, 0.1) is 0 Å². The van der Waals surface area contributed by atoms with E-state index in [9.17, 15) is 4.79 Å². The van der Waals surface area contributed by atoms with Gasteiger partial charge in [-0.1, -0.05) is 16.8 Å². The normalized spacial score (nSPS) is 12.9. The zero-order chi connectivity index (χ0) is 16.5. The van der Waals surface area contributed by atoms with E-state index in [1.165, 1.54) is 12.3 Å². The van der Waals surface area contributed by atoms with Gasteiger partial charge in [0.2, 0.25) is 5.76 Å². The maximum atomic E-state index is 12.3. The molecule has 122 valence electrons. The maximum Gasteiger partial charge on any atom is 0.277 e. The number of fused-ring (bicyclic) bond motifs is 1. The highest BCUT2D eigenvalue weighted by atomic mass is 35.5. The molecule has 1 amide bonds. The molecule has 1 aliphatic heterocycles. The maximum absolute atomic E-state index is 12.3. The zero-order valence-electron chi connectivity index (χ0n) is 12.2. The van der Waals surface area contributed by atoms with Crippen LogP contribution in [0.3, 0.4) is 0 Å². The molecule has 7 nitrogen and oxygen atoms in total. The number of amides is 1. The second-order valence-corrected chi connectivity index (χ2v) is 5.39. The fraction of sp³-hybridized carbons (Fsp3) is 0.125. The predicted octanol–water partition coefficient (Wildman–Crippen LogP) is 3.61. The first-order chi connectivity index (χ1) is 11.7. The molecule has 24 heavy (non-hydrogen) atoms. The number of hydrogen-bond donors (Lipinski definition) is 1. The van der Waals surface area contributed by atoms with Crippen LogP contribution in [0.15, 0.2) is 45.5 Å². The van der Waals surface area contributed by atoms with Crippen molar-refractivity contribution >= 4 is 23.2 Å². The molecular formula is C16H11ClN2O5. The molecule has 0 bridgehead atoms. The van der Waals surface area contributed by atoms with Crippen LogP contribution in [0.25, 0.3) is 11.5 Å². The minimum Gasteiger partial charge on any atom is -0.486 e. The van der Waals surface area contributed by atoms with E-state index < -0.39 is 5.91 Å². The molecule has 0 aliphatic carbocycles. The summed E-state index contributed by atoms with van der Waals surface area (Å²) in [6, 6.07) is 8.12. The first kappa shape index (κ1) is 14.6. The average molecular weight is 347 g/mol. The molecule has 2 aromatic heterocycles. The van der Waals surface area contributed by atoms with Crippen LogP contribution in [0.1, 0.15) is 10.5 Å². The van der Waals surface area contributed by atoms with Crippen molar-refractivity contribution in [1.29, 1.82) is 0 Å². The van der Waals surface area contributed by atoms with E-state index in [0.717, 1.165) is 0 Å². The third-order valence-electron chi connectivity index (χ3n) is 3.39. The number of carbonyl (C=O) groups is 1. The van der Waals surface area contributed by atoms with E-state index >= 15 is 0 Å². The standard InChI is InChI=1S/C16H11ClN2O5/c17-9-6-13-14(23-5-4-22-13)7-10(9)18-16(20)11-8-15(24-19-11)12-2-1-3-21-12/h1-3,6-8H,4-5H2,(H,18,20). The van der Waals surface area contributed by atoms with Crippen molar-refractivity contribution in [2.45, 2.75) is 0 Å². The van der Waals surface area contributed by atoms with Crippen LogP contribution in [-0.2, 0) is 0 Å². The Labute approximate surface area is 141 Å². The van der Waals surface area contributed by atoms with Gasteiger partial charge in [-0.05, 0) is 12.1 Å². The highest BCUT2D eigenvalue weighted by Gasteiger charge is 2.19. The number of nitrogens with zero attached hydrogens (tertiary/aromatic N) is 1. The average Bonchev–Trinajstić information content (AvgIpc) is 3.26. The molecular weight excluding hydrogens is 336 g/mol. The molecule has 8 heteroatoms. The van der Waals surface area contributed by atoms with Gasteiger partial charge in [-0.25, -0.2) is 0 Å². The summed E-state index contributed by atoms with van der Waals surface area (Å²) in [6.07, 6.45) is 1.51. The second-order valence-electron chi connectivity index (χ2n) is 4.98. The van der Waals surface area contributed by atoms with Gasteiger partial charge >= 0.3 is 0 Å². The second kappa shape index (κ2) is 5.93. The fourth-order valence-corrected chi connectivity index (χ4v) is 2.46. The highest BCUT2D eigenvalue weighted by Crippen LogP contribution is 2.38. The number of hydrogen-bond acceptors (Lipinski definition) is 6. The lowest BCUT2D eigenvalue weighted by Crippen LogP contribution is -2.17. The molecule has 1 aliphatic rings. The number of carbonyl (C=O) groups excluding carboxylic acids is 1. The molecule has 3 heterocycles. The Morgan fingerprint density at radius 1 is 1.12 bits per heavy atom. The van der Waals surface area contributed by atoms with Crippen LogP contribution in [0.2, 0.25) is 5.02 Å². The van der Waals surface area contributed by atoms with E-state index in [2.05, 4.69) is 10.5 Å². The molecule has 0 fully saturated rings. The van der Waals surface area contributed by atoms with Crippen LogP contribution in [0.5, 0.6) is 11.5 Å². The molecule has 0 unspecified atom stereocenters. The van der Waals surface area contributed by atoms with Crippen LogP contribution in [-0.4, -0.2) is 24.3 Å². The zero-order valence-corrected chi connectivity index (χ0v) is 13.0. The quantitative estimate of drug-likeness (QED) is 0.779. The first-order valence-corrected chi connectivity index (χ1v) is 7.49. The van der Waals surface area contributed by atoms with Gasteiger partial charge < -0.3 is 23.7 Å². The summed E-state index contributed by atoms with van der Waals surface area (Å²) in [5.41, 5.74) is 0.501. The van der Waals surface area contributed by atoms with Gasteiger partial charge in [0.05, 0.1) is 17.0 Å². The van der Waals surface area contributed by atoms with E-state index in [1.54, 1.807) is 24.3 Å². The van der Waals surface area contributed by atoms with Gasteiger partial charge in [-0.15, -0.1) is 0 Å². The number of nitrogens with one attached hydrogen (secondary N) is 1. The Morgan fingerprint density at radius 3 is 2.67 bits per heavy atom. The van der Waals surface area contributed by atoms with Gasteiger partial charge in [0, 0.05) is 18.2 Å². The van der Waals surface area contributed by atoms with E-state index in [0.29, 0.717) is 46.9 Å². The van der Waals surface area contributed by atoms with E-state index in [-0.39, 0.29) is 5.69 Å². The minimum atomic E-state index is -0.463. The monoisotopic (exact) mass is 346 g/mol. The molecule has 0 spiro atoms. The molecule has 3 aromatic rings. The third-order valence-corrected chi connectivity index (χ3v) is 3.70. The Morgan fingerprint density at radius 2 is 1.92 bits per heavy atom. The Balaban J connectivity index is 1.56. The Kier molecular flexibility index (Phi) is 3.62. The molecule has 0 atom stereocenters. The summed E-state index contributed by atoms with van der Waals surface area (Å²) in [5.74, 6) is 1.45. The van der Waals surface area contributed by atoms with Crippen molar-refractivity contribution in [3.8, 4) is 23.0 Å². The summed E-state index contributed by atoms with van der Waals surface area (Å²) in [6.45, 7) is 0.904. The lowest BCUT2D eigenvalue weighted by atomic mass is 10.2. The summed E-state index contributed by atoms with van der Waals surface area (Å²) >= 11 is 6.17. The number of anilines is 1. The van der Waals surface area contributed by atoms with Gasteiger partial charge in [-0.2, -0.15) is 0 Å². The van der Waals surface area contributed by atoms with Crippen molar-refractivity contribution in [3.63, 3.8) is 0 Å². The van der Waals surface area contributed by atoms with Gasteiger partial charge in [0.1, 0.15) is 13.2 Å². The number of benzene rings is 1. The van der Waals surface area contributed by atoms with Crippen molar-refractivity contribution in [3.05, 3.63) is 47.3 Å². The lowest BCUT2D eigenvalue weighted by Gasteiger charge is -2.19. The smallest absolute Gasteiger partial charge is 0.277 e. The molecule has 0 saturated carbocycles. The van der Waals surface area contributed by atoms with Crippen LogP contribution in [0.4, 0.5) is 5.69 Å². The van der Waals surface area contributed by atoms with Crippen LogP contribution < -0.4 is 14.8 Å². The summed E-state index contributed by atoms with van der Waals surface area (Å²) < 4.78 is 21.2. The fourth-order valence-electron chi connectivity index (χ4n) is 2.26. The minimum absolute atomic E-state index is 0.104. The largest absolute Gasteiger partial charge is 0.486 e. The third kappa shape index (κ3) is 2.69. The number of furan rings is 1. The summed E-state index contributed by atoms with van der Waals surface area (Å²) in [5, 5.41) is 6.75. The molecule has 1 N–H and O–H groups in total. The Bertz CT molecular complexity index is 888. The molecule has 1 aromatic carbocycles. The van der Waals surface area contributed by atoms with Crippen molar-refractivity contribution in [2.24, 2.45) is 0 Å². The van der Waals surface area contributed by atoms with Crippen molar-refractivity contribution in [1.82, 2.24) is 5.16 Å². The summed E-state index contributed by atoms with van der Waals surface area (Å²) in [7, 11) is 0. The molecule has 0 saturated heterocycles. The lowest BCUT2D eigenvalue weighted by molar-refractivity contribution is 0.101. The molecule has 4 rings (SSSR count). The first-order valence-electron chi connectivity index (χ1n) is 7.12. The topological polar surface area (TPSA) is 86.7 Å². The predicted molar refractivity (Wildman–Crippen MR) is 84.6 cm³/mol. The van der Waals surface area contributed by atoms with Crippen molar-refractivity contribution in [2.75, 3.05) is 18.5 Å². The van der Waals surface area contributed by atoms with Crippen LogP contribution >= 0.6 is 11.6 Å². The van der Waals surface area contributed by atoms with Gasteiger partial charge in [0.15, 0.2) is 23.0 Å². The number of rotatable bonds is 3. The number of halogens is 1. The Hall–Kier alpha value is -2.93. The number of aromatic nitrogens is 1. The number of ether oxygens (including phenoxy) is 2. The van der Waals surface area contributed by atoms with E-state index in [4.69, 9.17) is 30.0 Å². The van der Waals surface area contributed by atoms with Gasteiger partial charge in [-0.3, -0.25) is 4.79 Å². The highest BCUT2D eigenvalue weighted by molar-refractivity contribution is 6.34. The molecule has 0 radical (unpaired) electrons. The summed E-state index contributed by atoms with van der Waals surface area (Å²) in [4.78, 5) is 12.3. The van der Waals surface area contributed by atoms with Crippen molar-refractivity contribution < 1.29 is 23.2 Å². The van der Waals surface area contributed by atoms with E-state index in [1.807, 2.05) is 0 Å². The van der Waals surface area contributed by atoms with Gasteiger partial charge in [0.25, 0.3) is 5.91 Å². The SMILES string of the molecule is O=C(Nc1cc2c(cc1Cl)OCCO2)c1cc(-c2ccco2)on1.